The number of nitrogens with one attached hydrogen (secondary N) is 1. The van der Waals surface area contributed by atoms with Gasteiger partial charge in [-0.2, -0.15) is 5.10 Å². The molecule has 0 amide bonds. The van der Waals surface area contributed by atoms with Crippen molar-refractivity contribution in [3.8, 4) is 0 Å². The number of nitrogen functional groups attached to an aromatic ring is 1. The van der Waals surface area contributed by atoms with Crippen molar-refractivity contribution >= 4 is 28.8 Å². The predicted octanol–water partition coefficient (Wildman–Crippen LogP) is 3.72. The van der Waals surface area contributed by atoms with Crippen LogP contribution >= 0.6 is 11.6 Å². The first kappa shape index (κ1) is 13.7. The number of anilines is 3. The number of rotatable bonds is 4. The number of benzene rings is 1. The van der Waals surface area contributed by atoms with Crippen LogP contribution in [0.2, 0.25) is 5.02 Å². The molecule has 0 atom stereocenters. The first-order valence-electron chi connectivity index (χ1n) is 6.07. The molecular weight excluding hydrogens is 267 g/mol. The second-order valence-electron chi connectivity index (χ2n) is 4.35. The average Bonchev–Trinajstić information content (AvgIpc) is 2.56. The smallest absolute Gasteiger partial charge is 0.152 e. The van der Waals surface area contributed by atoms with Crippen LogP contribution in [0.5, 0.6) is 0 Å². The number of nitrogens with zero attached hydrogens (tertiary/aromatic N) is 2. The summed E-state index contributed by atoms with van der Waals surface area (Å²) in [5.41, 5.74) is 7.85. The Kier molecular flexibility index (Phi) is 3.95. The average molecular weight is 283 g/mol. The summed E-state index contributed by atoms with van der Waals surface area (Å²) < 4.78 is 15.1. The molecule has 19 heavy (non-hydrogen) atoms. The molecule has 0 unspecified atom stereocenters. The zero-order chi connectivity index (χ0) is 14.0. The molecule has 3 N–H and O–H groups in total. The summed E-state index contributed by atoms with van der Waals surface area (Å²) in [7, 11) is 0. The summed E-state index contributed by atoms with van der Waals surface area (Å²) in [6.45, 7) is 4.63. The topological polar surface area (TPSA) is 55.9 Å². The molecule has 0 aliphatic heterocycles. The van der Waals surface area contributed by atoms with Crippen LogP contribution in [0, 0.1) is 12.7 Å². The molecule has 0 radical (unpaired) electrons. The van der Waals surface area contributed by atoms with E-state index >= 15 is 0 Å². The molecule has 0 fully saturated rings. The van der Waals surface area contributed by atoms with Gasteiger partial charge in [0.25, 0.3) is 0 Å². The van der Waals surface area contributed by atoms with E-state index in [0.29, 0.717) is 22.2 Å². The van der Waals surface area contributed by atoms with Gasteiger partial charge in [0.2, 0.25) is 0 Å². The molecule has 0 saturated heterocycles. The highest BCUT2D eigenvalue weighted by Gasteiger charge is 2.12. The molecule has 2 aromatic rings. The molecule has 6 heteroatoms. The van der Waals surface area contributed by atoms with Gasteiger partial charge in [0.05, 0.1) is 11.4 Å². The van der Waals surface area contributed by atoms with E-state index in [1.807, 2.05) is 6.92 Å². The molecular formula is C13H16ClFN4. The normalized spacial score (nSPS) is 10.7. The Hall–Kier alpha value is -1.75. The van der Waals surface area contributed by atoms with Gasteiger partial charge < -0.3 is 11.1 Å². The lowest BCUT2D eigenvalue weighted by Gasteiger charge is -2.10. The van der Waals surface area contributed by atoms with Crippen molar-refractivity contribution in [2.75, 3.05) is 11.1 Å². The molecule has 102 valence electrons. The van der Waals surface area contributed by atoms with Crippen molar-refractivity contribution in [2.45, 2.75) is 26.8 Å². The molecule has 1 aromatic heterocycles. The zero-order valence-electron chi connectivity index (χ0n) is 10.9. The molecule has 1 heterocycles. The molecule has 1 aromatic carbocycles. The Morgan fingerprint density at radius 1 is 1.42 bits per heavy atom. The molecule has 4 nitrogen and oxygen atoms in total. The number of hydrogen-bond acceptors (Lipinski definition) is 3. The van der Waals surface area contributed by atoms with E-state index in [1.165, 1.54) is 12.1 Å². The minimum atomic E-state index is -0.396. The van der Waals surface area contributed by atoms with E-state index in [1.54, 1.807) is 10.7 Å². The Morgan fingerprint density at radius 2 is 2.16 bits per heavy atom. The number of aromatic nitrogens is 2. The SMILES string of the molecule is CCCn1nc(C)c(N)c1Nc1cc(F)cc(Cl)c1. The van der Waals surface area contributed by atoms with E-state index in [-0.39, 0.29) is 0 Å². The molecule has 0 bridgehead atoms. The van der Waals surface area contributed by atoms with Gasteiger partial charge in [-0.3, -0.25) is 0 Å². The zero-order valence-corrected chi connectivity index (χ0v) is 11.6. The van der Waals surface area contributed by atoms with Crippen LogP contribution in [-0.2, 0) is 6.54 Å². The Labute approximate surface area is 116 Å². The fraction of sp³-hybridized carbons (Fsp3) is 0.308. The quantitative estimate of drug-likeness (QED) is 0.898. The van der Waals surface area contributed by atoms with Crippen molar-refractivity contribution in [3.05, 3.63) is 34.7 Å². The Bertz CT molecular complexity index is 574. The number of nitrogens with two attached hydrogens (primary N) is 1. The molecule has 0 saturated carbocycles. The van der Waals surface area contributed by atoms with E-state index in [9.17, 15) is 4.39 Å². The second kappa shape index (κ2) is 5.48. The maximum Gasteiger partial charge on any atom is 0.152 e. The van der Waals surface area contributed by atoms with Crippen molar-refractivity contribution in [3.63, 3.8) is 0 Å². The lowest BCUT2D eigenvalue weighted by Crippen LogP contribution is -2.05. The minimum absolute atomic E-state index is 0.333. The number of aryl methyl sites for hydroxylation is 2. The van der Waals surface area contributed by atoms with E-state index in [2.05, 4.69) is 17.3 Å². The van der Waals surface area contributed by atoms with Gasteiger partial charge in [-0.15, -0.1) is 0 Å². The van der Waals surface area contributed by atoms with E-state index in [0.717, 1.165) is 18.7 Å². The van der Waals surface area contributed by atoms with Crippen LogP contribution < -0.4 is 11.1 Å². The van der Waals surface area contributed by atoms with Gasteiger partial charge in [-0.25, -0.2) is 9.07 Å². The van der Waals surface area contributed by atoms with E-state index < -0.39 is 5.82 Å². The number of hydrogen-bond donors (Lipinski definition) is 2. The largest absolute Gasteiger partial charge is 0.394 e. The fourth-order valence-electron chi connectivity index (χ4n) is 1.86. The van der Waals surface area contributed by atoms with Crippen LogP contribution in [-0.4, -0.2) is 9.78 Å². The molecule has 0 spiro atoms. The molecule has 0 aliphatic carbocycles. The summed E-state index contributed by atoms with van der Waals surface area (Å²) in [6.07, 6.45) is 0.930. The minimum Gasteiger partial charge on any atom is -0.394 e. The van der Waals surface area contributed by atoms with Crippen LogP contribution in [0.15, 0.2) is 18.2 Å². The van der Waals surface area contributed by atoms with Gasteiger partial charge in [0.15, 0.2) is 5.82 Å². The first-order valence-corrected chi connectivity index (χ1v) is 6.45. The van der Waals surface area contributed by atoms with Gasteiger partial charge in [-0.1, -0.05) is 18.5 Å². The van der Waals surface area contributed by atoms with Gasteiger partial charge >= 0.3 is 0 Å². The van der Waals surface area contributed by atoms with Crippen LogP contribution in [0.4, 0.5) is 21.6 Å². The fourth-order valence-corrected chi connectivity index (χ4v) is 2.09. The monoisotopic (exact) mass is 282 g/mol. The van der Waals surface area contributed by atoms with Gasteiger partial charge in [0, 0.05) is 17.3 Å². The van der Waals surface area contributed by atoms with Crippen molar-refractivity contribution in [1.82, 2.24) is 9.78 Å². The molecule has 0 aliphatic rings. The Balaban J connectivity index is 2.36. The third-order valence-electron chi connectivity index (χ3n) is 2.73. The summed E-state index contributed by atoms with van der Waals surface area (Å²) in [4.78, 5) is 0. The highest BCUT2D eigenvalue weighted by atomic mass is 35.5. The van der Waals surface area contributed by atoms with Crippen LogP contribution in [0.25, 0.3) is 0 Å². The summed E-state index contributed by atoms with van der Waals surface area (Å²) in [5.74, 6) is 0.271. The van der Waals surface area contributed by atoms with Crippen molar-refractivity contribution < 1.29 is 4.39 Å². The van der Waals surface area contributed by atoms with Crippen molar-refractivity contribution in [2.24, 2.45) is 0 Å². The molecule has 2 rings (SSSR count). The third kappa shape index (κ3) is 2.98. The Morgan fingerprint density at radius 3 is 2.79 bits per heavy atom. The maximum absolute atomic E-state index is 13.3. The lowest BCUT2D eigenvalue weighted by molar-refractivity contribution is 0.605. The first-order chi connectivity index (χ1) is 9.01. The van der Waals surface area contributed by atoms with E-state index in [4.69, 9.17) is 17.3 Å². The van der Waals surface area contributed by atoms with Crippen LogP contribution in [0.1, 0.15) is 19.0 Å². The standard InChI is InChI=1S/C13H16ClFN4/c1-3-4-19-13(12(16)8(2)18-19)17-11-6-9(14)5-10(15)7-11/h5-7,17H,3-4,16H2,1-2H3. The second-order valence-corrected chi connectivity index (χ2v) is 4.79. The summed E-state index contributed by atoms with van der Waals surface area (Å²) in [6, 6.07) is 4.26. The summed E-state index contributed by atoms with van der Waals surface area (Å²) in [5, 5.41) is 7.76. The maximum atomic E-state index is 13.3. The predicted molar refractivity (Wildman–Crippen MR) is 76.4 cm³/mol. The lowest BCUT2D eigenvalue weighted by atomic mass is 10.3. The highest BCUT2D eigenvalue weighted by Crippen LogP contribution is 2.28. The highest BCUT2D eigenvalue weighted by molar-refractivity contribution is 6.30. The third-order valence-corrected chi connectivity index (χ3v) is 2.95. The number of halogens is 2. The van der Waals surface area contributed by atoms with Crippen LogP contribution in [0.3, 0.4) is 0 Å². The summed E-state index contributed by atoms with van der Waals surface area (Å²) >= 11 is 5.83. The van der Waals surface area contributed by atoms with Gasteiger partial charge in [-0.05, 0) is 31.5 Å². The van der Waals surface area contributed by atoms with Crippen molar-refractivity contribution in [1.29, 1.82) is 0 Å². The van der Waals surface area contributed by atoms with Gasteiger partial charge in [0.1, 0.15) is 5.82 Å².